The number of rotatable bonds is 4. The van der Waals surface area contributed by atoms with E-state index >= 15 is 0 Å². The first-order valence-corrected chi connectivity index (χ1v) is 9.94. The summed E-state index contributed by atoms with van der Waals surface area (Å²) in [7, 11) is 0. The Morgan fingerprint density at radius 2 is 1.70 bits per heavy atom. The Kier molecular flexibility index (Phi) is 4.80. The van der Waals surface area contributed by atoms with Crippen LogP contribution in [0, 0.1) is 0 Å². The van der Waals surface area contributed by atoms with E-state index < -0.39 is 0 Å². The summed E-state index contributed by atoms with van der Waals surface area (Å²) in [5.41, 5.74) is 2.96. The van der Waals surface area contributed by atoms with E-state index in [4.69, 9.17) is 0 Å². The predicted molar refractivity (Wildman–Crippen MR) is 113 cm³/mol. The molecule has 8 nitrogen and oxygen atoms in total. The van der Waals surface area contributed by atoms with Gasteiger partial charge in [0, 0.05) is 44.8 Å². The van der Waals surface area contributed by atoms with Crippen LogP contribution in [0.25, 0.3) is 11.2 Å². The maximum Gasteiger partial charge on any atom is 0.255 e. The summed E-state index contributed by atoms with van der Waals surface area (Å²) in [6.07, 6.45) is 6.95. The third kappa shape index (κ3) is 3.59. The number of carbonyl (C=O) groups is 1. The van der Waals surface area contributed by atoms with Crippen LogP contribution in [0.1, 0.15) is 16.1 Å². The van der Waals surface area contributed by atoms with Crippen molar-refractivity contribution in [3.8, 4) is 0 Å². The predicted octanol–water partition coefficient (Wildman–Crippen LogP) is 2.23. The van der Waals surface area contributed by atoms with E-state index in [2.05, 4.69) is 24.8 Å². The summed E-state index contributed by atoms with van der Waals surface area (Å²) < 4.78 is 1.94. The second-order valence-electron chi connectivity index (χ2n) is 7.23. The topological polar surface area (TPSA) is 80.0 Å². The highest BCUT2D eigenvalue weighted by Gasteiger charge is 2.23. The molecule has 8 heteroatoms. The summed E-state index contributed by atoms with van der Waals surface area (Å²) >= 11 is 0. The number of pyridine rings is 3. The molecule has 150 valence electrons. The molecule has 0 unspecified atom stereocenters. The van der Waals surface area contributed by atoms with Crippen LogP contribution in [-0.2, 0) is 6.54 Å². The number of hydrogen-bond acceptors (Lipinski definition) is 6. The van der Waals surface area contributed by atoms with Gasteiger partial charge < -0.3 is 14.4 Å². The molecule has 0 bridgehead atoms. The molecular formula is C22H21N7O. The lowest BCUT2D eigenvalue weighted by atomic mass is 10.2. The maximum atomic E-state index is 13.0. The van der Waals surface area contributed by atoms with E-state index in [-0.39, 0.29) is 5.91 Å². The van der Waals surface area contributed by atoms with Crippen LogP contribution in [0.3, 0.4) is 0 Å². The van der Waals surface area contributed by atoms with Gasteiger partial charge in [0.25, 0.3) is 5.91 Å². The minimum Gasteiger partial charge on any atom is -0.353 e. The van der Waals surface area contributed by atoms with Gasteiger partial charge in [0.15, 0.2) is 5.65 Å². The molecule has 30 heavy (non-hydrogen) atoms. The highest BCUT2D eigenvalue weighted by molar-refractivity contribution is 5.96. The number of amides is 1. The van der Waals surface area contributed by atoms with E-state index in [0.29, 0.717) is 30.7 Å². The van der Waals surface area contributed by atoms with Crippen LogP contribution in [0.5, 0.6) is 0 Å². The van der Waals surface area contributed by atoms with Gasteiger partial charge in [-0.3, -0.25) is 9.78 Å². The lowest BCUT2D eigenvalue weighted by molar-refractivity contribution is 0.0746. The first kappa shape index (κ1) is 18.2. The van der Waals surface area contributed by atoms with Gasteiger partial charge in [-0.05, 0) is 30.3 Å². The van der Waals surface area contributed by atoms with Gasteiger partial charge in [-0.2, -0.15) is 0 Å². The third-order valence-electron chi connectivity index (χ3n) is 5.30. The van der Waals surface area contributed by atoms with Crippen LogP contribution >= 0.6 is 0 Å². The monoisotopic (exact) mass is 399 g/mol. The fraction of sp³-hybridized carbons (Fsp3) is 0.227. The molecule has 1 amide bonds. The zero-order valence-corrected chi connectivity index (χ0v) is 16.4. The minimum absolute atomic E-state index is 0.00986. The molecule has 0 spiro atoms. The largest absolute Gasteiger partial charge is 0.353 e. The van der Waals surface area contributed by atoms with Crippen molar-refractivity contribution in [2.75, 3.05) is 31.1 Å². The van der Waals surface area contributed by atoms with Crippen molar-refractivity contribution in [1.82, 2.24) is 29.4 Å². The smallest absolute Gasteiger partial charge is 0.255 e. The number of aromatic nitrogens is 5. The Morgan fingerprint density at radius 3 is 2.43 bits per heavy atom. The van der Waals surface area contributed by atoms with Crippen molar-refractivity contribution >= 4 is 22.9 Å². The Balaban J connectivity index is 1.29. The first-order valence-electron chi connectivity index (χ1n) is 9.94. The Bertz CT molecular complexity index is 1150. The molecular weight excluding hydrogens is 378 g/mol. The summed E-state index contributed by atoms with van der Waals surface area (Å²) in [4.78, 5) is 34.8. The molecule has 0 radical (unpaired) electrons. The van der Waals surface area contributed by atoms with Gasteiger partial charge in [0.05, 0.1) is 24.1 Å². The quantitative estimate of drug-likeness (QED) is 0.524. The molecule has 1 fully saturated rings. The molecule has 0 N–H and O–H groups in total. The molecule has 5 heterocycles. The van der Waals surface area contributed by atoms with E-state index in [1.54, 1.807) is 24.9 Å². The van der Waals surface area contributed by atoms with Crippen molar-refractivity contribution in [3.63, 3.8) is 0 Å². The highest BCUT2D eigenvalue weighted by Crippen LogP contribution is 2.17. The van der Waals surface area contributed by atoms with Crippen molar-refractivity contribution in [1.29, 1.82) is 0 Å². The maximum absolute atomic E-state index is 13.0. The average Bonchev–Trinajstić information content (AvgIpc) is 3.22. The third-order valence-corrected chi connectivity index (χ3v) is 5.30. The van der Waals surface area contributed by atoms with Crippen LogP contribution in [-0.4, -0.2) is 61.5 Å². The summed E-state index contributed by atoms with van der Waals surface area (Å²) in [6, 6.07) is 13.5. The van der Waals surface area contributed by atoms with E-state index in [9.17, 15) is 4.79 Å². The molecule has 0 saturated carbocycles. The van der Waals surface area contributed by atoms with Crippen molar-refractivity contribution in [2.24, 2.45) is 0 Å². The van der Waals surface area contributed by atoms with Crippen LogP contribution in [0.2, 0.25) is 0 Å². The zero-order valence-electron chi connectivity index (χ0n) is 16.4. The molecule has 4 aromatic heterocycles. The van der Waals surface area contributed by atoms with E-state index in [1.807, 2.05) is 51.9 Å². The normalized spacial score (nSPS) is 14.3. The zero-order chi connectivity index (χ0) is 20.3. The lowest BCUT2D eigenvalue weighted by Crippen LogP contribution is -2.49. The number of carbonyl (C=O) groups excluding carboxylic acids is 1. The molecule has 1 aliphatic rings. The standard InChI is InChI=1S/C22H21N7O/c30-22(28-11-9-27(10-12-28)20-6-2-4-8-24-20)17-13-19-21(25-14-17)29(16-26-19)15-18-5-1-3-7-23-18/h1-8,13-14,16H,9-12,15H2. The second kappa shape index (κ2) is 7.90. The Hall–Kier alpha value is -3.81. The van der Waals surface area contributed by atoms with Crippen LogP contribution in [0.15, 0.2) is 67.4 Å². The molecule has 0 atom stereocenters. The summed E-state index contributed by atoms with van der Waals surface area (Å²) in [5.74, 6) is 0.940. The van der Waals surface area contributed by atoms with E-state index in [1.165, 1.54) is 0 Å². The first-order chi connectivity index (χ1) is 14.8. The summed E-state index contributed by atoms with van der Waals surface area (Å²) in [5, 5.41) is 0. The fourth-order valence-electron chi connectivity index (χ4n) is 3.71. The molecule has 1 saturated heterocycles. The molecule has 5 rings (SSSR count). The molecule has 1 aliphatic heterocycles. The fourth-order valence-corrected chi connectivity index (χ4v) is 3.71. The van der Waals surface area contributed by atoms with Gasteiger partial charge in [-0.25, -0.2) is 15.0 Å². The second-order valence-corrected chi connectivity index (χ2v) is 7.23. The molecule has 0 aliphatic carbocycles. The average molecular weight is 399 g/mol. The van der Waals surface area contributed by atoms with E-state index in [0.717, 1.165) is 30.2 Å². The lowest BCUT2D eigenvalue weighted by Gasteiger charge is -2.35. The molecule has 4 aromatic rings. The van der Waals surface area contributed by atoms with Gasteiger partial charge in [0.2, 0.25) is 0 Å². The Morgan fingerprint density at radius 1 is 0.900 bits per heavy atom. The number of piperazine rings is 1. The number of nitrogens with zero attached hydrogens (tertiary/aromatic N) is 7. The van der Waals surface area contributed by atoms with Crippen molar-refractivity contribution in [2.45, 2.75) is 6.54 Å². The van der Waals surface area contributed by atoms with Gasteiger partial charge in [-0.1, -0.05) is 12.1 Å². The number of hydrogen-bond donors (Lipinski definition) is 0. The van der Waals surface area contributed by atoms with Crippen LogP contribution < -0.4 is 4.90 Å². The number of anilines is 1. The number of fused-ring (bicyclic) bond motifs is 1. The van der Waals surface area contributed by atoms with Gasteiger partial charge in [0.1, 0.15) is 11.3 Å². The van der Waals surface area contributed by atoms with Gasteiger partial charge >= 0.3 is 0 Å². The highest BCUT2D eigenvalue weighted by atomic mass is 16.2. The van der Waals surface area contributed by atoms with Gasteiger partial charge in [-0.15, -0.1) is 0 Å². The summed E-state index contributed by atoms with van der Waals surface area (Å²) in [6.45, 7) is 3.42. The SMILES string of the molecule is O=C(c1cnc2c(c1)ncn2Cc1ccccn1)N1CCN(c2ccccn2)CC1. The van der Waals surface area contributed by atoms with Crippen molar-refractivity contribution in [3.05, 3.63) is 78.6 Å². The minimum atomic E-state index is -0.00986. The Labute approximate surface area is 173 Å². The molecule has 0 aromatic carbocycles. The van der Waals surface area contributed by atoms with Crippen molar-refractivity contribution < 1.29 is 4.79 Å². The van der Waals surface area contributed by atoms with Crippen LogP contribution in [0.4, 0.5) is 5.82 Å². The number of imidazole rings is 1.